The smallest absolute Gasteiger partial charge is 0.192 e. The molecule has 0 aliphatic carbocycles. The summed E-state index contributed by atoms with van der Waals surface area (Å²) in [6.45, 7) is 1.85. The van der Waals surface area contributed by atoms with Crippen molar-refractivity contribution in [1.29, 1.82) is 5.26 Å². The highest BCUT2D eigenvalue weighted by Crippen LogP contribution is 2.34. The molecule has 2 heterocycles. The van der Waals surface area contributed by atoms with Crippen molar-refractivity contribution in [3.8, 4) is 28.0 Å². The predicted molar refractivity (Wildman–Crippen MR) is 77.3 cm³/mol. The predicted octanol–water partition coefficient (Wildman–Crippen LogP) is 3.57. The first-order valence-corrected chi connectivity index (χ1v) is 7.03. The fourth-order valence-corrected chi connectivity index (χ4v) is 3.01. The first-order chi connectivity index (χ1) is 10.1. The molecule has 0 bridgehead atoms. The lowest BCUT2D eigenvalue weighted by atomic mass is 10.2. The van der Waals surface area contributed by atoms with Crippen molar-refractivity contribution in [3.05, 3.63) is 39.6 Å². The van der Waals surface area contributed by atoms with Crippen LogP contribution in [0.4, 0.5) is 4.39 Å². The van der Waals surface area contributed by atoms with Crippen LogP contribution in [0.1, 0.15) is 10.6 Å². The summed E-state index contributed by atoms with van der Waals surface area (Å²) < 4.78 is 13.4. The third kappa shape index (κ3) is 2.51. The Labute approximate surface area is 128 Å². The number of aromatic amines is 1. The number of halogens is 2. The van der Waals surface area contributed by atoms with E-state index in [9.17, 15) is 4.39 Å². The molecule has 0 spiro atoms. The highest BCUT2D eigenvalue weighted by atomic mass is 35.5. The van der Waals surface area contributed by atoms with Gasteiger partial charge in [-0.05, 0) is 25.1 Å². The number of benzene rings is 1. The maximum Gasteiger partial charge on any atom is 0.192 e. The van der Waals surface area contributed by atoms with Crippen LogP contribution in [0.2, 0.25) is 5.02 Å². The average molecular weight is 320 g/mol. The summed E-state index contributed by atoms with van der Waals surface area (Å²) in [5.41, 5.74) is 1.70. The number of nitriles is 1. The zero-order valence-electron chi connectivity index (χ0n) is 10.7. The fraction of sp³-hybridized carbons (Fsp3) is 0.0769. The van der Waals surface area contributed by atoms with E-state index < -0.39 is 5.82 Å². The Bertz CT molecular complexity index is 844. The summed E-state index contributed by atoms with van der Waals surface area (Å²) in [7, 11) is 0. The molecule has 1 N–H and O–H groups in total. The minimum Gasteiger partial charge on any atom is -0.234 e. The Hall–Kier alpha value is -2.30. The van der Waals surface area contributed by atoms with Crippen molar-refractivity contribution < 1.29 is 4.39 Å². The number of rotatable bonds is 2. The summed E-state index contributed by atoms with van der Waals surface area (Å²) in [5, 5.41) is 20.0. The van der Waals surface area contributed by atoms with Crippen molar-refractivity contribution in [1.82, 2.24) is 20.4 Å². The second-order valence-electron chi connectivity index (χ2n) is 4.21. The van der Waals surface area contributed by atoms with Gasteiger partial charge in [-0.25, -0.2) is 9.37 Å². The third-order valence-corrected chi connectivity index (χ3v) is 4.02. The van der Waals surface area contributed by atoms with Gasteiger partial charge in [0.2, 0.25) is 0 Å². The first kappa shape index (κ1) is 13.7. The molecule has 0 radical (unpaired) electrons. The van der Waals surface area contributed by atoms with Gasteiger partial charge in [0.1, 0.15) is 22.6 Å². The number of aromatic nitrogens is 4. The number of nitrogens with one attached hydrogen (secondary N) is 1. The Kier molecular flexibility index (Phi) is 3.41. The van der Waals surface area contributed by atoms with Crippen LogP contribution in [-0.2, 0) is 0 Å². The second kappa shape index (κ2) is 5.24. The van der Waals surface area contributed by atoms with Gasteiger partial charge < -0.3 is 0 Å². The minimum absolute atomic E-state index is 0.173. The molecule has 5 nitrogen and oxygen atoms in total. The summed E-state index contributed by atoms with van der Waals surface area (Å²) >= 11 is 7.24. The van der Waals surface area contributed by atoms with E-state index in [2.05, 4.69) is 20.4 Å². The zero-order valence-corrected chi connectivity index (χ0v) is 12.3. The average Bonchev–Trinajstić information content (AvgIpc) is 3.03. The van der Waals surface area contributed by atoms with Crippen LogP contribution in [0.15, 0.2) is 18.2 Å². The van der Waals surface area contributed by atoms with Crippen molar-refractivity contribution in [2.45, 2.75) is 6.92 Å². The molecule has 104 valence electrons. The van der Waals surface area contributed by atoms with Gasteiger partial charge in [0.15, 0.2) is 11.4 Å². The Morgan fingerprint density at radius 1 is 1.29 bits per heavy atom. The van der Waals surface area contributed by atoms with Crippen LogP contribution in [0.3, 0.4) is 0 Å². The van der Waals surface area contributed by atoms with Gasteiger partial charge in [-0.1, -0.05) is 11.6 Å². The van der Waals surface area contributed by atoms with Gasteiger partial charge >= 0.3 is 0 Å². The fourth-order valence-electron chi connectivity index (χ4n) is 1.89. The molecule has 0 saturated carbocycles. The zero-order chi connectivity index (χ0) is 15.0. The summed E-state index contributed by atoms with van der Waals surface area (Å²) in [4.78, 5) is 5.29. The Morgan fingerprint density at radius 2 is 2.10 bits per heavy atom. The molecule has 0 atom stereocenters. The van der Waals surface area contributed by atoms with Crippen molar-refractivity contribution in [3.63, 3.8) is 0 Å². The van der Waals surface area contributed by atoms with Crippen LogP contribution >= 0.6 is 22.9 Å². The van der Waals surface area contributed by atoms with Crippen LogP contribution in [0.5, 0.6) is 0 Å². The van der Waals surface area contributed by atoms with Crippen LogP contribution < -0.4 is 0 Å². The van der Waals surface area contributed by atoms with Crippen molar-refractivity contribution in [2.75, 3.05) is 0 Å². The molecular formula is C13H7ClFN5S. The van der Waals surface area contributed by atoms with E-state index >= 15 is 0 Å². The van der Waals surface area contributed by atoms with E-state index in [4.69, 9.17) is 16.9 Å². The lowest BCUT2D eigenvalue weighted by Gasteiger charge is -1.98. The van der Waals surface area contributed by atoms with Gasteiger partial charge in [0, 0.05) is 15.5 Å². The Morgan fingerprint density at radius 3 is 2.81 bits per heavy atom. The number of hydrogen-bond acceptors (Lipinski definition) is 5. The molecule has 0 fully saturated rings. The van der Waals surface area contributed by atoms with Gasteiger partial charge in [-0.15, -0.1) is 16.4 Å². The lowest BCUT2D eigenvalue weighted by Crippen LogP contribution is -1.86. The SMILES string of the molecule is Cc1sc(-c2cc(F)cc(Cl)c2)nc1-c1n[nH]nc1C#N. The number of nitrogens with zero attached hydrogens (tertiary/aromatic N) is 4. The summed E-state index contributed by atoms with van der Waals surface area (Å²) in [6, 6.07) is 6.18. The molecule has 3 rings (SSSR count). The molecule has 1 aromatic carbocycles. The van der Waals surface area contributed by atoms with Crippen molar-refractivity contribution in [2.24, 2.45) is 0 Å². The highest BCUT2D eigenvalue weighted by molar-refractivity contribution is 7.15. The maximum absolute atomic E-state index is 13.4. The minimum atomic E-state index is -0.425. The standard InChI is InChI=1S/C13H7ClFN5S/c1-6-11(12-10(5-16)18-20-19-12)17-13(21-6)7-2-8(14)4-9(15)3-7/h2-4H,1H3,(H,18,19,20). The Balaban J connectivity index is 2.12. The van der Waals surface area contributed by atoms with Gasteiger partial charge in [0.25, 0.3) is 0 Å². The van der Waals surface area contributed by atoms with Crippen LogP contribution in [0.25, 0.3) is 22.0 Å². The van der Waals surface area contributed by atoms with Gasteiger partial charge in [-0.3, -0.25) is 0 Å². The third-order valence-electron chi connectivity index (χ3n) is 2.78. The molecule has 0 saturated heterocycles. The summed E-state index contributed by atoms with van der Waals surface area (Å²) in [6.07, 6.45) is 0. The molecule has 0 aliphatic heterocycles. The number of aryl methyl sites for hydroxylation is 1. The largest absolute Gasteiger partial charge is 0.234 e. The number of hydrogen-bond donors (Lipinski definition) is 1. The molecule has 0 amide bonds. The molecule has 21 heavy (non-hydrogen) atoms. The second-order valence-corrected chi connectivity index (χ2v) is 5.85. The summed E-state index contributed by atoms with van der Waals surface area (Å²) in [5.74, 6) is -0.425. The lowest BCUT2D eigenvalue weighted by molar-refractivity contribution is 0.628. The van der Waals surface area contributed by atoms with E-state index in [1.54, 1.807) is 6.07 Å². The molecule has 2 aromatic heterocycles. The highest BCUT2D eigenvalue weighted by Gasteiger charge is 2.18. The monoisotopic (exact) mass is 319 g/mol. The van der Waals surface area contributed by atoms with Gasteiger partial charge in [0.05, 0.1) is 0 Å². The molecule has 0 unspecified atom stereocenters. The first-order valence-electron chi connectivity index (χ1n) is 5.83. The van der Waals surface area contributed by atoms with E-state index in [-0.39, 0.29) is 5.69 Å². The topological polar surface area (TPSA) is 78.2 Å². The van der Waals surface area contributed by atoms with Crippen LogP contribution in [0, 0.1) is 24.1 Å². The maximum atomic E-state index is 13.4. The molecular weight excluding hydrogens is 313 g/mol. The van der Waals surface area contributed by atoms with E-state index in [1.165, 1.54) is 23.5 Å². The van der Waals surface area contributed by atoms with Crippen LogP contribution in [-0.4, -0.2) is 20.4 Å². The molecule has 8 heteroatoms. The number of thiazole rings is 1. The van der Waals surface area contributed by atoms with Crippen molar-refractivity contribution >= 4 is 22.9 Å². The van der Waals surface area contributed by atoms with E-state index in [1.807, 2.05) is 13.0 Å². The van der Waals surface area contributed by atoms with E-state index in [0.29, 0.717) is 27.0 Å². The van der Waals surface area contributed by atoms with E-state index in [0.717, 1.165) is 4.88 Å². The normalized spacial score (nSPS) is 10.6. The van der Waals surface area contributed by atoms with Gasteiger partial charge in [-0.2, -0.15) is 15.6 Å². The quantitative estimate of drug-likeness (QED) is 0.783. The number of H-pyrrole nitrogens is 1. The molecule has 0 aliphatic rings. The molecule has 3 aromatic rings.